The summed E-state index contributed by atoms with van der Waals surface area (Å²) < 4.78 is 9.94. The lowest BCUT2D eigenvalue weighted by atomic mass is 10.2. The predicted octanol–water partition coefficient (Wildman–Crippen LogP) is 2.02. The van der Waals surface area contributed by atoms with Crippen molar-refractivity contribution < 1.29 is 19.4 Å². The molecule has 0 heterocycles. The molecule has 15 heavy (non-hydrogen) atoms. The van der Waals surface area contributed by atoms with Crippen LogP contribution in [0.2, 0.25) is 0 Å². The minimum Gasteiger partial charge on any atom is -0.504 e. The molecule has 1 aromatic rings. The summed E-state index contributed by atoms with van der Waals surface area (Å²) >= 11 is 0. The quantitative estimate of drug-likeness (QED) is 0.612. The maximum absolute atomic E-state index is 11.1. The van der Waals surface area contributed by atoms with Gasteiger partial charge in [0.25, 0.3) is 0 Å². The molecule has 1 rings (SSSR count). The summed E-state index contributed by atoms with van der Waals surface area (Å²) in [5, 5.41) is 9.65. The monoisotopic (exact) mass is 210 g/mol. The van der Waals surface area contributed by atoms with Crippen molar-refractivity contribution in [2.24, 2.45) is 0 Å². The summed E-state index contributed by atoms with van der Waals surface area (Å²) in [6, 6.07) is 3.15. The summed E-state index contributed by atoms with van der Waals surface area (Å²) in [6.07, 6.45) is 0.298. The van der Waals surface area contributed by atoms with Crippen molar-refractivity contribution >= 4 is 5.97 Å². The molecule has 0 aliphatic carbocycles. The molecule has 0 amide bonds. The van der Waals surface area contributed by atoms with E-state index < -0.39 is 0 Å². The lowest BCUT2D eigenvalue weighted by Crippen LogP contribution is -2.06. The molecular formula is C11H14O4. The van der Waals surface area contributed by atoms with Gasteiger partial charge in [-0.1, -0.05) is 6.92 Å². The largest absolute Gasteiger partial charge is 0.504 e. The van der Waals surface area contributed by atoms with Crippen LogP contribution in [0.3, 0.4) is 0 Å². The maximum Gasteiger partial charge on any atom is 0.310 e. The number of carbonyl (C=O) groups excluding carboxylic acids is 1. The first-order valence-electron chi connectivity index (χ1n) is 4.67. The molecule has 0 saturated heterocycles. The average molecular weight is 210 g/mol. The van der Waals surface area contributed by atoms with E-state index in [1.54, 1.807) is 26.0 Å². The van der Waals surface area contributed by atoms with Crippen molar-refractivity contribution in [1.29, 1.82) is 0 Å². The molecule has 1 N–H and O–H groups in total. The zero-order valence-corrected chi connectivity index (χ0v) is 9.03. The number of ether oxygens (including phenoxy) is 2. The Bertz CT molecular complexity index is 371. The second-order valence-electron chi connectivity index (χ2n) is 3.07. The van der Waals surface area contributed by atoms with Gasteiger partial charge in [-0.15, -0.1) is 0 Å². The zero-order valence-electron chi connectivity index (χ0n) is 9.03. The lowest BCUT2D eigenvalue weighted by molar-refractivity contribution is -0.134. The van der Waals surface area contributed by atoms with Crippen LogP contribution in [-0.2, 0) is 4.79 Å². The highest BCUT2D eigenvalue weighted by atomic mass is 16.5. The number of esters is 1. The lowest BCUT2D eigenvalue weighted by Gasteiger charge is -2.10. The number of methoxy groups -OCH3 is 1. The van der Waals surface area contributed by atoms with E-state index in [0.717, 1.165) is 0 Å². The molecule has 82 valence electrons. The number of aromatic hydroxyl groups is 1. The van der Waals surface area contributed by atoms with Crippen LogP contribution in [0.1, 0.15) is 18.9 Å². The van der Waals surface area contributed by atoms with Gasteiger partial charge in [-0.25, -0.2) is 0 Å². The van der Waals surface area contributed by atoms with Crippen molar-refractivity contribution in [3.63, 3.8) is 0 Å². The Balaban J connectivity index is 3.01. The summed E-state index contributed by atoms with van der Waals surface area (Å²) in [7, 11) is 1.46. The minimum atomic E-state index is -0.331. The van der Waals surface area contributed by atoms with E-state index in [0.29, 0.717) is 23.5 Å². The Morgan fingerprint density at radius 3 is 2.53 bits per heavy atom. The summed E-state index contributed by atoms with van der Waals surface area (Å²) in [5.74, 6) is 0.394. The Kier molecular flexibility index (Phi) is 3.55. The van der Waals surface area contributed by atoms with Crippen molar-refractivity contribution in [2.75, 3.05) is 7.11 Å². The van der Waals surface area contributed by atoms with Crippen LogP contribution < -0.4 is 9.47 Å². The van der Waals surface area contributed by atoms with Crippen LogP contribution in [0.25, 0.3) is 0 Å². The van der Waals surface area contributed by atoms with Crippen LogP contribution in [0.15, 0.2) is 12.1 Å². The molecule has 4 nitrogen and oxygen atoms in total. The fraction of sp³-hybridized carbons (Fsp3) is 0.364. The number of phenolic OH excluding ortho intramolecular Hbond substituents is 1. The molecule has 0 spiro atoms. The van der Waals surface area contributed by atoms with Gasteiger partial charge < -0.3 is 14.6 Å². The number of phenols is 1. The van der Waals surface area contributed by atoms with Gasteiger partial charge in [-0.05, 0) is 19.1 Å². The molecule has 1 aromatic carbocycles. The van der Waals surface area contributed by atoms with Crippen LogP contribution in [0.4, 0.5) is 0 Å². The van der Waals surface area contributed by atoms with Gasteiger partial charge >= 0.3 is 5.97 Å². The Morgan fingerprint density at radius 2 is 2.00 bits per heavy atom. The highest BCUT2D eigenvalue weighted by Gasteiger charge is 2.12. The summed E-state index contributed by atoms with van der Waals surface area (Å²) in [6.45, 7) is 3.37. The second-order valence-corrected chi connectivity index (χ2v) is 3.07. The number of hydrogen-bond donors (Lipinski definition) is 1. The highest BCUT2D eigenvalue weighted by molar-refractivity contribution is 5.73. The first-order chi connectivity index (χ1) is 7.10. The van der Waals surface area contributed by atoms with Crippen molar-refractivity contribution in [3.8, 4) is 17.2 Å². The fourth-order valence-electron chi connectivity index (χ4n) is 1.13. The first kappa shape index (κ1) is 11.4. The SMILES string of the molecule is CCC(=O)Oc1ccc(OC)c(O)c1C. The molecule has 0 radical (unpaired) electrons. The molecule has 0 aliphatic heterocycles. The average Bonchev–Trinajstić information content (AvgIpc) is 2.25. The van der Waals surface area contributed by atoms with E-state index in [1.165, 1.54) is 7.11 Å². The van der Waals surface area contributed by atoms with Crippen LogP contribution in [0.5, 0.6) is 17.2 Å². The van der Waals surface area contributed by atoms with Gasteiger partial charge in [0.15, 0.2) is 11.5 Å². The summed E-state index contributed by atoms with van der Waals surface area (Å²) in [4.78, 5) is 11.1. The van der Waals surface area contributed by atoms with E-state index in [1.807, 2.05) is 0 Å². The minimum absolute atomic E-state index is 0.00102. The van der Waals surface area contributed by atoms with E-state index in [4.69, 9.17) is 9.47 Å². The normalized spacial score (nSPS) is 9.80. The van der Waals surface area contributed by atoms with Crippen molar-refractivity contribution in [2.45, 2.75) is 20.3 Å². The smallest absolute Gasteiger partial charge is 0.310 e. The maximum atomic E-state index is 11.1. The zero-order chi connectivity index (χ0) is 11.4. The van der Waals surface area contributed by atoms with Crippen molar-refractivity contribution in [3.05, 3.63) is 17.7 Å². The Labute approximate surface area is 88.4 Å². The Morgan fingerprint density at radius 1 is 1.40 bits per heavy atom. The first-order valence-corrected chi connectivity index (χ1v) is 4.67. The second kappa shape index (κ2) is 4.68. The van der Waals surface area contributed by atoms with Gasteiger partial charge in [0.05, 0.1) is 7.11 Å². The molecule has 0 saturated carbocycles. The highest BCUT2D eigenvalue weighted by Crippen LogP contribution is 2.35. The molecule has 0 aromatic heterocycles. The molecule has 0 unspecified atom stereocenters. The van der Waals surface area contributed by atoms with Crippen molar-refractivity contribution in [1.82, 2.24) is 0 Å². The third-order valence-corrected chi connectivity index (χ3v) is 2.08. The van der Waals surface area contributed by atoms with Gasteiger partial charge in [-0.3, -0.25) is 4.79 Å². The van der Waals surface area contributed by atoms with Crippen LogP contribution in [-0.4, -0.2) is 18.2 Å². The van der Waals surface area contributed by atoms with Gasteiger partial charge in [0.2, 0.25) is 0 Å². The molecule has 0 atom stereocenters. The predicted molar refractivity (Wildman–Crippen MR) is 55.3 cm³/mol. The molecule has 0 aliphatic rings. The van der Waals surface area contributed by atoms with E-state index in [9.17, 15) is 9.90 Å². The van der Waals surface area contributed by atoms with Gasteiger partial charge in [0, 0.05) is 12.0 Å². The van der Waals surface area contributed by atoms with E-state index in [2.05, 4.69) is 0 Å². The Hall–Kier alpha value is -1.71. The summed E-state index contributed by atoms with van der Waals surface area (Å²) in [5.41, 5.74) is 0.496. The molecular weight excluding hydrogens is 196 g/mol. The number of rotatable bonds is 3. The van der Waals surface area contributed by atoms with E-state index in [-0.39, 0.29) is 11.7 Å². The third kappa shape index (κ3) is 2.40. The van der Waals surface area contributed by atoms with Crippen LogP contribution in [0, 0.1) is 6.92 Å². The van der Waals surface area contributed by atoms with E-state index >= 15 is 0 Å². The molecule has 0 fully saturated rings. The fourth-order valence-corrected chi connectivity index (χ4v) is 1.13. The van der Waals surface area contributed by atoms with Gasteiger partial charge in [-0.2, -0.15) is 0 Å². The van der Waals surface area contributed by atoms with Gasteiger partial charge in [0.1, 0.15) is 5.75 Å². The number of benzene rings is 1. The molecule has 4 heteroatoms. The number of hydrogen-bond acceptors (Lipinski definition) is 4. The molecule has 0 bridgehead atoms. The van der Waals surface area contributed by atoms with Crippen LogP contribution >= 0.6 is 0 Å². The third-order valence-electron chi connectivity index (χ3n) is 2.08. The number of carbonyl (C=O) groups is 1. The topological polar surface area (TPSA) is 55.8 Å². The standard InChI is InChI=1S/C11H14O4/c1-4-10(12)15-8-5-6-9(14-3)11(13)7(8)2/h5-6,13H,4H2,1-3H3.